The molecule has 3 nitrogen and oxygen atoms in total. The molecule has 0 spiro atoms. The molecule has 0 unspecified atom stereocenters. The van der Waals surface area contributed by atoms with Gasteiger partial charge in [0.05, 0.1) is 5.69 Å². The Labute approximate surface area is 178 Å². The van der Waals surface area contributed by atoms with Gasteiger partial charge < -0.3 is 9.80 Å². The fraction of sp³-hybridized carbons (Fsp3) is 0.286. The van der Waals surface area contributed by atoms with Gasteiger partial charge >= 0.3 is 0 Å². The van der Waals surface area contributed by atoms with Gasteiger partial charge in [-0.15, -0.1) is 24.8 Å². The molecule has 2 aliphatic heterocycles. The van der Waals surface area contributed by atoms with E-state index in [9.17, 15) is 0 Å². The van der Waals surface area contributed by atoms with E-state index < -0.39 is 0 Å². The average Bonchev–Trinajstić information content (AvgIpc) is 2.82. The number of allylic oxidation sites excluding steroid dienone is 1. The van der Waals surface area contributed by atoms with Crippen molar-refractivity contribution in [3.8, 4) is 0 Å². The van der Waals surface area contributed by atoms with E-state index in [0.717, 1.165) is 49.1 Å². The van der Waals surface area contributed by atoms with Crippen LogP contribution in [-0.4, -0.2) is 48.9 Å². The first-order valence-electron chi connectivity index (χ1n) is 8.77. The quantitative estimate of drug-likeness (QED) is 0.634. The Bertz CT molecular complexity index is 826. The van der Waals surface area contributed by atoms with Crippen LogP contribution in [0.5, 0.6) is 0 Å². The minimum Gasteiger partial charge on any atom is -0.354 e. The second-order valence-corrected chi connectivity index (χ2v) is 7.12. The maximum atomic E-state index is 6.23. The molecule has 2 heterocycles. The summed E-state index contributed by atoms with van der Waals surface area (Å²) in [6, 6.07) is 16.6. The second-order valence-electron chi connectivity index (χ2n) is 6.69. The summed E-state index contributed by atoms with van der Waals surface area (Å²) in [7, 11) is 2.18. The van der Waals surface area contributed by atoms with Crippen LogP contribution in [0.15, 0.2) is 59.6 Å². The summed E-state index contributed by atoms with van der Waals surface area (Å²) in [6.07, 6.45) is 3.18. The summed E-state index contributed by atoms with van der Waals surface area (Å²) in [4.78, 5) is 9.85. The van der Waals surface area contributed by atoms with Crippen LogP contribution >= 0.6 is 36.4 Å². The molecule has 4 rings (SSSR count). The predicted molar refractivity (Wildman–Crippen MR) is 120 cm³/mol. The highest BCUT2D eigenvalue weighted by molar-refractivity contribution is 6.31. The van der Waals surface area contributed by atoms with E-state index in [-0.39, 0.29) is 24.8 Å². The number of rotatable bonds is 1. The highest BCUT2D eigenvalue weighted by Crippen LogP contribution is 2.32. The molecule has 1 saturated heterocycles. The molecular formula is C21H24Cl3N3. The topological polar surface area (TPSA) is 18.8 Å². The Hall–Kier alpha value is -1.52. The molecule has 144 valence electrons. The molecule has 0 N–H and O–H groups in total. The molecule has 0 saturated carbocycles. The highest BCUT2D eigenvalue weighted by atomic mass is 35.5. The number of piperazine rings is 1. The number of hydrogen-bond acceptors (Lipinski definition) is 3. The SMILES string of the molecule is CN1CCN(C2=Nc3cc(Cl)ccc3CC=C2c2ccccc2)CC1.Cl.Cl. The Morgan fingerprint density at radius 1 is 0.926 bits per heavy atom. The second kappa shape index (κ2) is 9.61. The number of halogens is 3. The molecule has 6 heteroatoms. The van der Waals surface area contributed by atoms with Crippen molar-refractivity contribution >= 4 is 53.5 Å². The van der Waals surface area contributed by atoms with E-state index in [1.54, 1.807) is 0 Å². The van der Waals surface area contributed by atoms with Crippen LogP contribution in [0.3, 0.4) is 0 Å². The molecule has 0 bridgehead atoms. The van der Waals surface area contributed by atoms with Gasteiger partial charge in [0.2, 0.25) is 0 Å². The zero-order chi connectivity index (χ0) is 17.2. The molecule has 0 amide bonds. The molecule has 0 aromatic heterocycles. The summed E-state index contributed by atoms with van der Waals surface area (Å²) in [5.74, 6) is 1.07. The Kier molecular flexibility index (Phi) is 7.75. The number of benzene rings is 2. The molecule has 2 aromatic rings. The van der Waals surface area contributed by atoms with E-state index in [0.29, 0.717) is 0 Å². The normalized spacial score (nSPS) is 16.9. The minimum absolute atomic E-state index is 0. The molecule has 0 atom stereocenters. The number of amidine groups is 1. The van der Waals surface area contributed by atoms with E-state index in [1.165, 1.54) is 16.7 Å². The average molecular weight is 425 g/mol. The van der Waals surface area contributed by atoms with Gasteiger partial charge in [-0.1, -0.05) is 54.1 Å². The van der Waals surface area contributed by atoms with Crippen LogP contribution in [0.1, 0.15) is 11.1 Å². The van der Waals surface area contributed by atoms with Gasteiger partial charge in [-0.3, -0.25) is 0 Å². The van der Waals surface area contributed by atoms with Crippen molar-refractivity contribution in [3.05, 3.63) is 70.8 Å². The van der Waals surface area contributed by atoms with Gasteiger partial charge in [-0.25, -0.2) is 4.99 Å². The van der Waals surface area contributed by atoms with E-state index in [2.05, 4.69) is 59.3 Å². The first kappa shape index (κ1) is 21.8. The number of likely N-dealkylation sites (N-methyl/N-ethyl adjacent to an activating group) is 1. The molecule has 1 fully saturated rings. The van der Waals surface area contributed by atoms with Crippen LogP contribution in [0, 0.1) is 0 Å². The number of hydrogen-bond donors (Lipinski definition) is 0. The van der Waals surface area contributed by atoms with Crippen LogP contribution in [0.2, 0.25) is 5.02 Å². The smallest absolute Gasteiger partial charge is 0.136 e. The third kappa shape index (κ3) is 4.85. The number of aliphatic imine (C=N–C) groups is 1. The van der Waals surface area contributed by atoms with Crippen molar-refractivity contribution in [3.63, 3.8) is 0 Å². The lowest BCUT2D eigenvalue weighted by Crippen LogP contribution is -2.47. The molecule has 27 heavy (non-hydrogen) atoms. The maximum Gasteiger partial charge on any atom is 0.136 e. The Morgan fingerprint density at radius 2 is 1.63 bits per heavy atom. The zero-order valence-corrected chi connectivity index (χ0v) is 17.7. The lowest BCUT2D eigenvalue weighted by Gasteiger charge is -2.35. The van der Waals surface area contributed by atoms with Crippen LogP contribution < -0.4 is 0 Å². The van der Waals surface area contributed by atoms with E-state index >= 15 is 0 Å². The van der Waals surface area contributed by atoms with Crippen molar-refractivity contribution in [2.75, 3.05) is 33.2 Å². The van der Waals surface area contributed by atoms with Crippen molar-refractivity contribution in [1.82, 2.24) is 9.80 Å². The first-order valence-corrected chi connectivity index (χ1v) is 9.15. The molecule has 0 radical (unpaired) electrons. The zero-order valence-electron chi connectivity index (χ0n) is 15.3. The van der Waals surface area contributed by atoms with Gasteiger partial charge in [0.25, 0.3) is 0 Å². The van der Waals surface area contributed by atoms with Crippen LogP contribution in [0.25, 0.3) is 5.57 Å². The van der Waals surface area contributed by atoms with Crippen molar-refractivity contribution in [1.29, 1.82) is 0 Å². The minimum atomic E-state index is 0. The third-order valence-corrected chi connectivity index (χ3v) is 5.16. The number of fused-ring (bicyclic) bond motifs is 1. The summed E-state index contributed by atoms with van der Waals surface area (Å²) in [5, 5.41) is 0.739. The van der Waals surface area contributed by atoms with Crippen molar-refractivity contribution < 1.29 is 0 Å². The monoisotopic (exact) mass is 423 g/mol. The molecule has 2 aliphatic rings. The Morgan fingerprint density at radius 3 is 2.33 bits per heavy atom. The van der Waals surface area contributed by atoms with Gasteiger partial charge in [0.1, 0.15) is 5.84 Å². The highest BCUT2D eigenvalue weighted by Gasteiger charge is 2.23. The largest absolute Gasteiger partial charge is 0.354 e. The molecule has 2 aromatic carbocycles. The molecule has 0 aliphatic carbocycles. The van der Waals surface area contributed by atoms with Crippen LogP contribution in [-0.2, 0) is 6.42 Å². The predicted octanol–water partition coefficient (Wildman–Crippen LogP) is 5.10. The van der Waals surface area contributed by atoms with Gasteiger partial charge in [0.15, 0.2) is 0 Å². The molecular weight excluding hydrogens is 401 g/mol. The van der Waals surface area contributed by atoms with Crippen LogP contribution in [0.4, 0.5) is 5.69 Å². The number of nitrogens with zero attached hydrogens (tertiary/aromatic N) is 3. The maximum absolute atomic E-state index is 6.23. The van der Waals surface area contributed by atoms with Crippen molar-refractivity contribution in [2.24, 2.45) is 4.99 Å². The fourth-order valence-electron chi connectivity index (χ4n) is 3.42. The summed E-state index contributed by atoms with van der Waals surface area (Å²) in [5.41, 5.74) is 4.65. The Balaban J connectivity index is 0.00000131. The summed E-state index contributed by atoms with van der Waals surface area (Å²) < 4.78 is 0. The van der Waals surface area contributed by atoms with E-state index in [4.69, 9.17) is 16.6 Å². The lowest BCUT2D eigenvalue weighted by molar-refractivity contribution is 0.216. The van der Waals surface area contributed by atoms with Gasteiger partial charge in [-0.2, -0.15) is 0 Å². The fourth-order valence-corrected chi connectivity index (χ4v) is 3.58. The van der Waals surface area contributed by atoms with Gasteiger partial charge in [-0.05, 0) is 36.7 Å². The van der Waals surface area contributed by atoms with Gasteiger partial charge in [0, 0.05) is 36.8 Å². The van der Waals surface area contributed by atoms with E-state index in [1.807, 2.05) is 12.1 Å². The standard InChI is InChI=1S/C21H22ClN3.2ClH/c1-24-11-13-25(14-12-24)21-19(16-5-3-2-4-6-16)10-8-17-7-9-18(22)15-20(17)23-21;;/h2-7,9-10,15H,8,11-14H2,1H3;2*1H. The summed E-state index contributed by atoms with van der Waals surface area (Å²) >= 11 is 6.23. The third-order valence-electron chi connectivity index (χ3n) is 4.93. The lowest BCUT2D eigenvalue weighted by atomic mass is 10.0. The van der Waals surface area contributed by atoms with Crippen molar-refractivity contribution in [2.45, 2.75) is 6.42 Å². The first-order chi connectivity index (χ1) is 12.2. The summed E-state index contributed by atoms with van der Waals surface area (Å²) in [6.45, 7) is 4.11.